The van der Waals surface area contributed by atoms with Crippen LogP contribution in [0.15, 0.2) is 18.2 Å². The number of alkyl halides is 1. The minimum atomic E-state index is -3.10. The van der Waals surface area contributed by atoms with Crippen molar-refractivity contribution in [3.8, 4) is 0 Å². The summed E-state index contributed by atoms with van der Waals surface area (Å²) in [6.07, 6.45) is -1.04. The van der Waals surface area contributed by atoms with Crippen molar-refractivity contribution in [3.63, 3.8) is 0 Å². The predicted molar refractivity (Wildman–Crippen MR) is 104 cm³/mol. The molecule has 0 spiro atoms. The van der Waals surface area contributed by atoms with Gasteiger partial charge in [0.25, 0.3) is 5.79 Å². The number of carbonyl (C=O) groups excluding carboxylic acids is 2. The maximum atomic E-state index is 15.3. The second-order valence-electron chi connectivity index (χ2n) is 8.88. The van der Waals surface area contributed by atoms with E-state index in [0.717, 1.165) is 6.07 Å². The second-order valence-corrected chi connectivity index (χ2v) is 10.6. The molecule has 0 saturated carbocycles. The molecule has 6 nitrogen and oxygen atoms in total. The van der Waals surface area contributed by atoms with Gasteiger partial charge in [-0.2, -0.15) is 0 Å². The first kappa shape index (κ1) is 24.3. The topological polar surface area (TPSA) is 95.7 Å². The number of hydrogen-bond donors (Lipinski definition) is 1. The number of halogens is 3. The van der Waals surface area contributed by atoms with E-state index in [4.69, 9.17) is 14.6 Å². The lowest BCUT2D eigenvalue weighted by Crippen LogP contribution is -2.56. The molecule has 1 heterocycles. The van der Waals surface area contributed by atoms with Gasteiger partial charge < -0.3 is 9.47 Å². The summed E-state index contributed by atoms with van der Waals surface area (Å²) in [7, 11) is -1.84. The smallest absolute Gasteiger partial charge is 0.359 e. The van der Waals surface area contributed by atoms with Crippen molar-refractivity contribution < 1.29 is 36.4 Å². The number of carbonyl (C=O) groups is 2. The van der Waals surface area contributed by atoms with Crippen LogP contribution in [0.4, 0.5) is 13.2 Å². The van der Waals surface area contributed by atoms with Crippen molar-refractivity contribution in [2.45, 2.75) is 75.5 Å². The molecule has 2 rings (SSSR count). The van der Waals surface area contributed by atoms with Gasteiger partial charge in [0.05, 0.1) is 15.7 Å². The molecule has 1 aromatic carbocycles. The van der Waals surface area contributed by atoms with Crippen LogP contribution in [0.1, 0.15) is 59.4 Å². The third-order valence-electron chi connectivity index (χ3n) is 5.31. The van der Waals surface area contributed by atoms with E-state index in [0.29, 0.717) is 0 Å². The minimum Gasteiger partial charge on any atom is -0.420 e. The fraction of sp³-hybridized carbons (Fsp3) is 0.600. The fourth-order valence-corrected chi connectivity index (χ4v) is 4.12. The van der Waals surface area contributed by atoms with Crippen molar-refractivity contribution in [2.75, 3.05) is 0 Å². The van der Waals surface area contributed by atoms with E-state index in [2.05, 4.69) is 0 Å². The highest BCUT2D eigenvalue weighted by molar-refractivity contribution is 7.84. The summed E-state index contributed by atoms with van der Waals surface area (Å²) >= 11 is 0. The lowest BCUT2D eigenvalue weighted by Gasteiger charge is -2.40. The zero-order valence-corrected chi connectivity index (χ0v) is 18.3. The summed E-state index contributed by atoms with van der Waals surface area (Å²) in [5, 5.41) is 5.54. The average molecular weight is 449 g/mol. The molecule has 1 aliphatic rings. The Morgan fingerprint density at radius 3 is 2.13 bits per heavy atom. The highest BCUT2D eigenvalue weighted by atomic mass is 32.2. The molecular weight excluding hydrogens is 423 g/mol. The summed E-state index contributed by atoms with van der Waals surface area (Å²) in [6.45, 7) is 7.21. The van der Waals surface area contributed by atoms with Crippen molar-refractivity contribution >= 4 is 22.9 Å². The summed E-state index contributed by atoms with van der Waals surface area (Å²) in [4.78, 5) is 24.4. The van der Waals surface area contributed by atoms with Gasteiger partial charge >= 0.3 is 17.6 Å². The number of benzene rings is 1. The molecule has 1 saturated heterocycles. The van der Waals surface area contributed by atoms with Crippen LogP contribution in [-0.2, 0) is 35.5 Å². The number of cyclic esters (lactones) is 2. The van der Waals surface area contributed by atoms with Crippen LogP contribution in [0.25, 0.3) is 0 Å². The van der Waals surface area contributed by atoms with Crippen molar-refractivity contribution in [1.82, 2.24) is 0 Å². The van der Waals surface area contributed by atoms with Gasteiger partial charge in [-0.1, -0.05) is 19.1 Å². The molecule has 0 bridgehead atoms. The van der Waals surface area contributed by atoms with Gasteiger partial charge in [-0.3, -0.25) is 5.14 Å². The maximum absolute atomic E-state index is 15.3. The summed E-state index contributed by atoms with van der Waals surface area (Å²) in [5.74, 6) is -6.69. The second kappa shape index (κ2) is 7.96. The number of nitrogens with two attached hydrogens (primary N) is 1. The Morgan fingerprint density at radius 1 is 1.10 bits per heavy atom. The summed E-state index contributed by atoms with van der Waals surface area (Å²) < 4.78 is 64.5. The number of ether oxygens (including phenoxy) is 2. The fourth-order valence-electron chi connectivity index (χ4n) is 3.66. The minimum absolute atomic E-state index is 0.0465. The molecule has 0 aliphatic carbocycles. The zero-order chi connectivity index (χ0) is 23.1. The number of rotatable bonds is 7. The first-order chi connectivity index (χ1) is 13.5. The molecule has 1 aromatic rings. The van der Waals surface area contributed by atoms with E-state index < -0.39 is 62.6 Å². The van der Waals surface area contributed by atoms with Crippen LogP contribution in [0.3, 0.4) is 0 Å². The van der Waals surface area contributed by atoms with E-state index in [1.54, 1.807) is 13.8 Å². The standard InChI is InChI=1S/C20H26F3NO5S/c1-17(2,30(24)27)11-19(5,12-7-6-8-13(21)14(12)22)9-10-20(23)15(25)28-18(3,4)29-16(20)26/h6-8H,9-11,24H2,1-5H3/t19-,30?/m0/s1. The molecule has 30 heavy (non-hydrogen) atoms. The van der Waals surface area contributed by atoms with E-state index in [1.165, 1.54) is 32.9 Å². The van der Waals surface area contributed by atoms with Crippen molar-refractivity contribution in [2.24, 2.45) is 5.14 Å². The van der Waals surface area contributed by atoms with Crippen molar-refractivity contribution in [1.29, 1.82) is 0 Å². The Labute approximate surface area is 175 Å². The maximum Gasteiger partial charge on any atom is 0.359 e. The molecular formula is C20H26F3NO5S. The van der Waals surface area contributed by atoms with E-state index in [-0.39, 0.29) is 18.4 Å². The van der Waals surface area contributed by atoms with Gasteiger partial charge in [-0.05, 0) is 43.7 Å². The lowest BCUT2D eigenvalue weighted by molar-refractivity contribution is -0.253. The van der Waals surface area contributed by atoms with Crippen LogP contribution in [0, 0.1) is 11.6 Å². The Bertz CT molecular complexity index is 869. The van der Waals surface area contributed by atoms with Gasteiger partial charge in [0.15, 0.2) is 11.6 Å². The zero-order valence-electron chi connectivity index (χ0n) is 17.5. The molecule has 1 unspecified atom stereocenters. The molecule has 1 fully saturated rings. The van der Waals surface area contributed by atoms with Gasteiger partial charge in [0.1, 0.15) is 0 Å². The van der Waals surface area contributed by atoms with Crippen LogP contribution in [0.5, 0.6) is 0 Å². The Morgan fingerprint density at radius 2 is 1.63 bits per heavy atom. The predicted octanol–water partition coefficient (Wildman–Crippen LogP) is 3.34. The van der Waals surface area contributed by atoms with Gasteiger partial charge in [-0.25, -0.2) is 27.0 Å². The van der Waals surface area contributed by atoms with Gasteiger partial charge in [-0.15, -0.1) is 0 Å². The SMILES string of the molecule is CC1(C)OC(=O)C(F)(CC[C@@](C)(CC(C)(C)S(N)=O)c2cccc(F)c2F)C(=O)O1. The molecule has 0 amide bonds. The normalized spacial score (nSPS) is 21.4. The van der Waals surface area contributed by atoms with E-state index >= 15 is 4.39 Å². The average Bonchev–Trinajstić information content (AvgIpc) is 2.59. The van der Waals surface area contributed by atoms with Crippen LogP contribution < -0.4 is 5.14 Å². The van der Waals surface area contributed by atoms with Crippen molar-refractivity contribution in [3.05, 3.63) is 35.4 Å². The molecule has 2 atom stereocenters. The first-order valence-electron chi connectivity index (χ1n) is 9.31. The van der Waals surface area contributed by atoms with E-state index in [1.807, 2.05) is 0 Å². The summed E-state index contributed by atoms with van der Waals surface area (Å²) in [6, 6.07) is 3.54. The molecule has 168 valence electrons. The number of hydrogen-bond acceptors (Lipinski definition) is 5. The van der Waals surface area contributed by atoms with Crippen LogP contribution >= 0.6 is 0 Å². The highest BCUT2D eigenvalue weighted by Gasteiger charge is 2.58. The first-order valence-corrected chi connectivity index (χ1v) is 10.5. The molecule has 1 aliphatic heterocycles. The molecule has 0 radical (unpaired) electrons. The molecule has 0 aromatic heterocycles. The number of esters is 2. The third kappa shape index (κ3) is 4.69. The third-order valence-corrected chi connectivity index (χ3v) is 6.54. The van der Waals surface area contributed by atoms with Crippen LogP contribution in [-0.4, -0.2) is 32.4 Å². The van der Waals surface area contributed by atoms with Gasteiger partial charge in [0.2, 0.25) is 0 Å². The monoisotopic (exact) mass is 449 g/mol. The Hall–Kier alpha value is -1.94. The Balaban J connectivity index is 2.44. The molecule has 2 N–H and O–H groups in total. The van der Waals surface area contributed by atoms with E-state index in [9.17, 15) is 22.6 Å². The highest BCUT2D eigenvalue weighted by Crippen LogP contribution is 2.43. The summed E-state index contributed by atoms with van der Waals surface area (Å²) in [5.41, 5.74) is -4.54. The largest absolute Gasteiger partial charge is 0.420 e. The quantitative estimate of drug-likeness (QED) is 0.509. The van der Waals surface area contributed by atoms with Gasteiger partial charge in [0, 0.05) is 20.3 Å². The van der Waals surface area contributed by atoms with Crippen LogP contribution in [0.2, 0.25) is 0 Å². The Kier molecular flexibility index (Phi) is 6.45. The lowest BCUT2D eigenvalue weighted by atomic mass is 9.71. The molecule has 10 heteroatoms.